The van der Waals surface area contributed by atoms with E-state index in [1.807, 2.05) is 23.1 Å². The van der Waals surface area contributed by atoms with Crippen molar-refractivity contribution in [1.82, 2.24) is 0 Å². The largest absolute Gasteiger partial charge is 0.148 e. The van der Waals surface area contributed by atoms with Gasteiger partial charge < -0.3 is 0 Å². The smallest absolute Gasteiger partial charge is 0.0417 e. The maximum Gasteiger partial charge on any atom is 0.0417 e. The van der Waals surface area contributed by atoms with E-state index >= 15 is 0 Å². The molecule has 0 saturated heterocycles. The molecule has 0 aromatic carbocycles. The molecule has 0 N–H and O–H groups in total. The lowest BCUT2D eigenvalue weighted by Crippen LogP contribution is -1.91. The third kappa shape index (κ3) is 1.89. The second-order valence-electron chi connectivity index (χ2n) is 2.97. The summed E-state index contributed by atoms with van der Waals surface area (Å²) in [6.45, 7) is 3.91. The van der Waals surface area contributed by atoms with Gasteiger partial charge in [-0.2, -0.15) is 0 Å². The summed E-state index contributed by atoms with van der Waals surface area (Å²) in [5.41, 5.74) is 0. The van der Waals surface area contributed by atoms with E-state index in [1.165, 1.54) is 22.0 Å². The minimum absolute atomic E-state index is 0.451. The third-order valence-corrected chi connectivity index (χ3v) is 4.27. The second kappa shape index (κ2) is 4.16. The van der Waals surface area contributed by atoms with Gasteiger partial charge in [0.1, 0.15) is 0 Å². The van der Waals surface area contributed by atoms with Crippen LogP contribution in [-0.2, 0) is 0 Å². The van der Waals surface area contributed by atoms with Crippen LogP contribution < -0.4 is 0 Å². The van der Waals surface area contributed by atoms with Crippen LogP contribution in [0.2, 0.25) is 0 Å². The molecule has 1 aromatic heterocycles. The van der Waals surface area contributed by atoms with E-state index in [-0.39, 0.29) is 0 Å². The van der Waals surface area contributed by atoms with E-state index in [1.54, 1.807) is 0 Å². The summed E-state index contributed by atoms with van der Waals surface area (Å²) in [5, 5.41) is 2.13. The van der Waals surface area contributed by atoms with Crippen LogP contribution in [0.5, 0.6) is 0 Å². The summed E-state index contributed by atoms with van der Waals surface area (Å²) in [6.07, 6.45) is 5.61. The fourth-order valence-corrected chi connectivity index (χ4v) is 3.52. The molecule has 0 amide bonds. The maximum atomic E-state index is 3.91. The normalized spacial score (nSPS) is 18.3. The molecule has 0 radical (unpaired) electrons. The minimum atomic E-state index is 0.451. The molecule has 0 nitrogen and oxygen atoms in total. The Bertz CT molecular complexity index is 309. The average molecular weight is 208 g/mol. The molecule has 1 atom stereocenters. The molecule has 2 heterocycles. The summed E-state index contributed by atoms with van der Waals surface area (Å²) in [6, 6.07) is 4.30. The summed E-state index contributed by atoms with van der Waals surface area (Å²) < 4.78 is 0. The molecule has 2 heteroatoms. The minimum Gasteiger partial charge on any atom is -0.148 e. The van der Waals surface area contributed by atoms with E-state index in [0.717, 1.165) is 0 Å². The van der Waals surface area contributed by atoms with Crippen LogP contribution in [0.15, 0.2) is 41.1 Å². The molecule has 1 aliphatic rings. The number of hydrogen-bond acceptors (Lipinski definition) is 2. The van der Waals surface area contributed by atoms with Gasteiger partial charge in [-0.05, 0) is 22.8 Å². The van der Waals surface area contributed by atoms with Crippen LogP contribution in [0.25, 0.3) is 0 Å². The van der Waals surface area contributed by atoms with Crippen LogP contribution in [0.4, 0.5) is 0 Å². The third-order valence-electron chi connectivity index (χ3n) is 2.12. The summed E-state index contributed by atoms with van der Waals surface area (Å²) in [4.78, 5) is 2.90. The lowest BCUT2D eigenvalue weighted by atomic mass is 10.1. The predicted octanol–water partition coefficient (Wildman–Crippen LogP) is 4.04. The highest BCUT2D eigenvalue weighted by Gasteiger charge is 2.17. The van der Waals surface area contributed by atoms with Crippen molar-refractivity contribution in [2.75, 3.05) is 5.75 Å². The molecule has 0 bridgehead atoms. The topological polar surface area (TPSA) is 0 Å². The van der Waals surface area contributed by atoms with Gasteiger partial charge in [0, 0.05) is 16.5 Å². The SMILES string of the molecule is C=CC(C1=CCCS1)c1cccs1. The molecule has 0 saturated carbocycles. The van der Waals surface area contributed by atoms with Gasteiger partial charge in [-0.25, -0.2) is 0 Å². The van der Waals surface area contributed by atoms with Crippen molar-refractivity contribution in [1.29, 1.82) is 0 Å². The molecule has 1 unspecified atom stereocenters. The molecule has 0 spiro atoms. The average Bonchev–Trinajstić information content (AvgIpc) is 2.76. The fraction of sp³-hybridized carbons (Fsp3) is 0.273. The number of rotatable bonds is 3. The molecule has 68 valence electrons. The molecular formula is C11H12S2. The zero-order valence-corrected chi connectivity index (χ0v) is 9.03. The zero-order chi connectivity index (χ0) is 9.10. The standard InChI is InChI=1S/C11H12S2/c1-2-9(10-5-3-7-12-10)11-6-4-8-13-11/h2-3,5-7,9H,1,4,8H2. The molecule has 2 rings (SSSR count). The Balaban J connectivity index is 2.23. The van der Waals surface area contributed by atoms with Crippen molar-refractivity contribution in [2.45, 2.75) is 12.3 Å². The van der Waals surface area contributed by atoms with Gasteiger partial charge in [0.25, 0.3) is 0 Å². The lowest BCUT2D eigenvalue weighted by Gasteiger charge is -2.10. The number of thioether (sulfide) groups is 1. The second-order valence-corrected chi connectivity index (χ2v) is 5.12. The van der Waals surface area contributed by atoms with Crippen molar-refractivity contribution in [2.24, 2.45) is 0 Å². The van der Waals surface area contributed by atoms with Crippen LogP contribution in [-0.4, -0.2) is 5.75 Å². The molecule has 13 heavy (non-hydrogen) atoms. The first kappa shape index (κ1) is 9.10. The Kier molecular flexibility index (Phi) is 2.91. The highest BCUT2D eigenvalue weighted by atomic mass is 32.2. The van der Waals surface area contributed by atoms with E-state index in [4.69, 9.17) is 0 Å². The molecular weight excluding hydrogens is 196 g/mol. The fourth-order valence-electron chi connectivity index (χ4n) is 1.49. The zero-order valence-electron chi connectivity index (χ0n) is 7.40. The van der Waals surface area contributed by atoms with Gasteiger partial charge >= 0.3 is 0 Å². The Morgan fingerprint density at radius 2 is 2.46 bits per heavy atom. The van der Waals surface area contributed by atoms with Crippen LogP contribution in [0.1, 0.15) is 17.2 Å². The summed E-state index contributed by atoms with van der Waals surface area (Å²) in [5.74, 6) is 1.69. The predicted molar refractivity (Wildman–Crippen MR) is 62.4 cm³/mol. The molecule has 0 fully saturated rings. The van der Waals surface area contributed by atoms with Gasteiger partial charge in [-0.15, -0.1) is 29.7 Å². The molecule has 1 aromatic rings. The van der Waals surface area contributed by atoms with Gasteiger partial charge in [-0.3, -0.25) is 0 Å². The Hall–Kier alpha value is -0.470. The summed E-state index contributed by atoms with van der Waals surface area (Å²) in [7, 11) is 0. The number of allylic oxidation sites excluding steroid dienone is 3. The van der Waals surface area contributed by atoms with Gasteiger partial charge in [-0.1, -0.05) is 18.2 Å². The molecule has 0 aliphatic carbocycles. The van der Waals surface area contributed by atoms with E-state index in [2.05, 4.69) is 36.2 Å². The highest BCUT2D eigenvalue weighted by molar-refractivity contribution is 8.03. The maximum absolute atomic E-state index is 3.91. The van der Waals surface area contributed by atoms with E-state index in [0.29, 0.717) is 5.92 Å². The van der Waals surface area contributed by atoms with Crippen molar-refractivity contribution < 1.29 is 0 Å². The van der Waals surface area contributed by atoms with Crippen LogP contribution in [0, 0.1) is 0 Å². The number of hydrogen-bond donors (Lipinski definition) is 0. The van der Waals surface area contributed by atoms with Gasteiger partial charge in [0.15, 0.2) is 0 Å². The van der Waals surface area contributed by atoms with Crippen molar-refractivity contribution in [3.63, 3.8) is 0 Å². The Morgan fingerprint density at radius 1 is 1.54 bits per heavy atom. The molecule has 1 aliphatic heterocycles. The van der Waals surface area contributed by atoms with Crippen LogP contribution >= 0.6 is 23.1 Å². The van der Waals surface area contributed by atoms with E-state index in [9.17, 15) is 0 Å². The summed E-state index contributed by atoms with van der Waals surface area (Å²) >= 11 is 3.79. The Morgan fingerprint density at radius 3 is 3.00 bits per heavy atom. The first-order chi connectivity index (χ1) is 6.42. The van der Waals surface area contributed by atoms with E-state index < -0.39 is 0 Å². The quantitative estimate of drug-likeness (QED) is 0.676. The number of thiophene rings is 1. The van der Waals surface area contributed by atoms with Gasteiger partial charge in [0.2, 0.25) is 0 Å². The lowest BCUT2D eigenvalue weighted by molar-refractivity contribution is 1.10. The monoisotopic (exact) mass is 208 g/mol. The van der Waals surface area contributed by atoms with Crippen molar-refractivity contribution >= 4 is 23.1 Å². The Labute approximate surface area is 87.4 Å². The first-order valence-electron chi connectivity index (χ1n) is 4.40. The van der Waals surface area contributed by atoms with Crippen LogP contribution in [0.3, 0.4) is 0 Å². The van der Waals surface area contributed by atoms with Crippen molar-refractivity contribution in [3.8, 4) is 0 Å². The van der Waals surface area contributed by atoms with Gasteiger partial charge in [0.05, 0.1) is 0 Å². The van der Waals surface area contributed by atoms with Crippen molar-refractivity contribution in [3.05, 3.63) is 46.0 Å². The first-order valence-corrected chi connectivity index (χ1v) is 6.27. The highest BCUT2D eigenvalue weighted by Crippen LogP contribution is 2.39.